The Morgan fingerprint density at radius 3 is 2.22 bits per heavy atom. The van der Waals surface area contributed by atoms with Crippen molar-refractivity contribution in [2.75, 3.05) is 61.4 Å². The molecule has 3 saturated heterocycles. The van der Waals surface area contributed by atoms with Gasteiger partial charge < -0.3 is 14.5 Å². The summed E-state index contributed by atoms with van der Waals surface area (Å²) < 4.78 is 58.8. The summed E-state index contributed by atoms with van der Waals surface area (Å²) in [7, 11) is -3.48. The Morgan fingerprint density at radius 1 is 0.957 bits per heavy atom. The number of sulfone groups is 1. The van der Waals surface area contributed by atoms with E-state index in [1.54, 1.807) is 18.2 Å². The molecule has 4 aliphatic heterocycles. The predicted octanol–water partition coefficient (Wildman–Crippen LogP) is 6.16. The molecule has 0 saturated carbocycles. The molecule has 4 aliphatic rings. The summed E-state index contributed by atoms with van der Waals surface area (Å²) in [6.07, 6.45) is 8.14. The molecular formula is C36H56N3O5S2+. The first-order valence-corrected chi connectivity index (χ1v) is 20.8. The zero-order valence-electron chi connectivity index (χ0n) is 28.4. The maximum absolute atomic E-state index is 14.1. The molecule has 8 nitrogen and oxygen atoms in total. The Bertz CT molecular complexity index is 1540. The smallest absolute Gasteiger partial charge is 0.232 e. The van der Waals surface area contributed by atoms with Gasteiger partial charge in [-0.3, -0.25) is 4.72 Å². The van der Waals surface area contributed by atoms with Crippen molar-refractivity contribution in [2.24, 2.45) is 11.3 Å². The largest absolute Gasteiger partial charge is 0.392 e. The summed E-state index contributed by atoms with van der Waals surface area (Å²) >= 11 is 0. The number of aliphatic hydroxyl groups is 1. The van der Waals surface area contributed by atoms with Crippen LogP contribution in [0.5, 0.6) is 0 Å². The summed E-state index contributed by atoms with van der Waals surface area (Å²) in [5.41, 5.74) is 1.77. The Morgan fingerprint density at radius 2 is 1.61 bits per heavy atom. The van der Waals surface area contributed by atoms with Crippen LogP contribution in [0.4, 0.5) is 11.4 Å². The molecule has 0 spiro atoms. The molecule has 6 rings (SSSR count). The van der Waals surface area contributed by atoms with E-state index in [4.69, 9.17) is 0 Å². The van der Waals surface area contributed by atoms with Crippen LogP contribution in [0.2, 0.25) is 0 Å². The average Bonchev–Trinajstić information content (AvgIpc) is 3.09. The molecule has 10 heteroatoms. The number of hydrogen-bond donors (Lipinski definition) is 2. The first-order valence-electron chi connectivity index (χ1n) is 17.5. The van der Waals surface area contributed by atoms with E-state index in [0.29, 0.717) is 36.1 Å². The lowest BCUT2D eigenvalue weighted by Crippen LogP contribution is -2.58. The van der Waals surface area contributed by atoms with Crippen molar-refractivity contribution in [3.63, 3.8) is 0 Å². The van der Waals surface area contributed by atoms with Gasteiger partial charge in [0.05, 0.1) is 48.7 Å². The standard InChI is InChI=1S/C36H56N3O5S2/c1-5-7-18-36(19-8-6-2)27-45(41,42)33-14-13-31(38(3)4)26-32(33)34(35(36)40)29-11-9-12-30(25-29)37-46(43,44)24-10-20-39-21-15-28(16-22-39)17-23-39/h9,11-14,25-26,28,34-35,37,40H,5-8,10,15-24,27H2,1-4H3/q+1/t28?,34-,35-,39?/m1/s1. The van der Waals surface area contributed by atoms with Gasteiger partial charge in [-0.1, -0.05) is 51.7 Å². The molecule has 0 radical (unpaired) electrons. The van der Waals surface area contributed by atoms with Crippen LogP contribution in [0, 0.1) is 11.3 Å². The zero-order valence-corrected chi connectivity index (χ0v) is 30.0. The number of anilines is 2. The van der Waals surface area contributed by atoms with E-state index in [2.05, 4.69) is 18.6 Å². The first kappa shape index (κ1) is 35.2. The highest BCUT2D eigenvalue weighted by Gasteiger charge is 2.49. The second-order valence-corrected chi connectivity index (χ2v) is 18.5. The van der Waals surface area contributed by atoms with Crippen LogP contribution in [0.25, 0.3) is 0 Å². The van der Waals surface area contributed by atoms with E-state index in [1.807, 2.05) is 43.3 Å². The Kier molecular flexibility index (Phi) is 10.8. The van der Waals surface area contributed by atoms with Gasteiger partial charge in [-0.15, -0.1) is 0 Å². The molecule has 2 N–H and O–H groups in total. The van der Waals surface area contributed by atoms with E-state index in [1.165, 1.54) is 38.9 Å². The van der Waals surface area contributed by atoms with Crippen LogP contribution in [-0.2, 0) is 19.9 Å². The normalized spacial score (nSPS) is 26.7. The summed E-state index contributed by atoms with van der Waals surface area (Å²) in [5, 5.41) is 12.5. The molecule has 3 fully saturated rings. The summed E-state index contributed by atoms with van der Waals surface area (Å²) in [6, 6.07) is 12.7. The zero-order chi connectivity index (χ0) is 33.2. The third-order valence-electron chi connectivity index (χ3n) is 11.3. The highest BCUT2D eigenvalue weighted by atomic mass is 32.2. The van der Waals surface area contributed by atoms with Crippen molar-refractivity contribution in [1.82, 2.24) is 0 Å². The molecule has 256 valence electrons. The number of benzene rings is 2. The number of sulfonamides is 1. The topological polar surface area (TPSA) is 104 Å². The van der Waals surface area contributed by atoms with E-state index in [9.17, 15) is 21.9 Å². The predicted molar refractivity (Wildman–Crippen MR) is 188 cm³/mol. The summed E-state index contributed by atoms with van der Waals surface area (Å²) in [4.78, 5) is 2.20. The van der Waals surface area contributed by atoms with Crippen LogP contribution in [0.1, 0.15) is 95.1 Å². The van der Waals surface area contributed by atoms with Gasteiger partial charge in [0.25, 0.3) is 0 Å². The maximum atomic E-state index is 14.1. The highest BCUT2D eigenvalue weighted by Crippen LogP contribution is 2.50. The monoisotopic (exact) mass is 674 g/mol. The Balaban J connectivity index is 1.48. The molecule has 2 aromatic carbocycles. The van der Waals surface area contributed by atoms with Gasteiger partial charge >= 0.3 is 0 Å². The van der Waals surface area contributed by atoms with Gasteiger partial charge in [0.15, 0.2) is 9.84 Å². The first-order chi connectivity index (χ1) is 21.8. The minimum absolute atomic E-state index is 0.0666. The number of hydrogen-bond acceptors (Lipinski definition) is 6. The molecule has 2 aromatic rings. The number of rotatable bonds is 14. The van der Waals surface area contributed by atoms with Crippen molar-refractivity contribution >= 4 is 31.2 Å². The molecular weight excluding hydrogens is 619 g/mol. The molecule has 0 amide bonds. The molecule has 4 heterocycles. The maximum Gasteiger partial charge on any atom is 0.232 e. The molecule has 2 atom stereocenters. The fraction of sp³-hybridized carbons (Fsp3) is 0.667. The van der Waals surface area contributed by atoms with Crippen LogP contribution in [0.3, 0.4) is 0 Å². The Hall–Kier alpha value is -2.14. The number of nitrogens with one attached hydrogen (secondary N) is 1. The number of aliphatic hydroxyl groups excluding tert-OH is 1. The number of fused-ring (bicyclic) bond motifs is 4. The van der Waals surface area contributed by atoms with Crippen molar-refractivity contribution in [3.05, 3.63) is 53.6 Å². The fourth-order valence-corrected chi connectivity index (χ4v) is 11.8. The molecule has 0 aromatic heterocycles. The van der Waals surface area contributed by atoms with Gasteiger partial charge in [-0.2, -0.15) is 0 Å². The third kappa shape index (κ3) is 7.61. The Labute approximate surface area is 278 Å². The second kappa shape index (κ2) is 14.1. The minimum atomic E-state index is -3.72. The molecule has 0 aliphatic carbocycles. The second-order valence-electron chi connectivity index (χ2n) is 14.7. The van der Waals surface area contributed by atoms with Crippen molar-refractivity contribution in [1.29, 1.82) is 0 Å². The lowest BCUT2D eigenvalue weighted by molar-refractivity contribution is -0.942. The van der Waals surface area contributed by atoms with Gasteiger partial charge in [0.2, 0.25) is 10.0 Å². The van der Waals surface area contributed by atoms with E-state index in [-0.39, 0.29) is 16.4 Å². The molecule has 46 heavy (non-hydrogen) atoms. The van der Waals surface area contributed by atoms with Gasteiger partial charge in [0.1, 0.15) is 0 Å². The van der Waals surface area contributed by atoms with E-state index >= 15 is 0 Å². The molecule has 0 unspecified atom stereocenters. The van der Waals surface area contributed by atoms with E-state index < -0.39 is 37.3 Å². The van der Waals surface area contributed by atoms with Crippen molar-refractivity contribution in [3.8, 4) is 0 Å². The number of unbranched alkanes of at least 4 members (excludes halogenated alkanes) is 2. The average molecular weight is 675 g/mol. The van der Waals surface area contributed by atoms with Crippen LogP contribution in [-0.4, -0.2) is 84.3 Å². The van der Waals surface area contributed by atoms with Gasteiger partial charge in [-0.25, -0.2) is 16.8 Å². The lowest BCUT2D eigenvalue weighted by Gasteiger charge is -2.49. The number of quaternary nitrogens is 1. The van der Waals surface area contributed by atoms with Gasteiger partial charge in [-0.05, 0) is 79.5 Å². The highest BCUT2D eigenvalue weighted by molar-refractivity contribution is 7.92. The molecule has 2 bridgehead atoms. The van der Waals surface area contributed by atoms with Crippen LogP contribution < -0.4 is 9.62 Å². The van der Waals surface area contributed by atoms with Gasteiger partial charge in [0, 0.05) is 43.2 Å². The fourth-order valence-electron chi connectivity index (χ4n) is 8.48. The minimum Gasteiger partial charge on any atom is -0.392 e. The summed E-state index contributed by atoms with van der Waals surface area (Å²) in [6.45, 7) is 8.61. The number of piperidine rings is 3. The van der Waals surface area contributed by atoms with Crippen LogP contribution >= 0.6 is 0 Å². The SMILES string of the molecule is CCCCC1(CCCC)CS(=O)(=O)c2ccc(N(C)C)cc2[C@@H](c2cccc(NS(=O)(=O)CCC[N+]34CCC(CC3)CC4)c2)[C@H]1O. The quantitative estimate of drug-likeness (QED) is 0.233. The lowest BCUT2D eigenvalue weighted by atomic mass is 9.68. The van der Waals surface area contributed by atoms with E-state index in [0.717, 1.165) is 48.3 Å². The summed E-state index contributed by atoms with van der Waals surface area (Å²) in [5.74, 6) is 0.202. The van der Waals surface area contributed by atoms with Crippen LogP contribution in [0.15, 0.2) is 47.4 Å². The van der Waals surface area contributed by atoms with Crippen molar-refractivity contribution < 1.29 is 26.4 Å². The number of nitrogens with zero attached hydrogens (tertiary/aromatic N) is 2. The third-order valence-corrected chi connectivity index (χ3v) is 14.6. The van der Waals surface area contributed by atoms with Crippen molar-refractivity contribution in [2.45, 2.75) is 95.0 Å².